The molecule has 0 spiro atoms. The standard InChI is InChI=1S/C22H22F2N4O3/c1-30-18-13-15(8-11-17(18)31-22(23)24)21(29)25-16-9-6-14(7-10-16)20-27-26-19-5-3-2-4-12-28(19)20/h6-11,13,22H,2-5,12H2,1H3,(H,25,29). The topological polar surface area (TPSA) is 78.3 Å². The van der Waals surface area contributed by atoms with Gasteiger partial charge in [-0.25, -0.2) is 0 Å². The molecule has 7 nitrogen and oxygen atoms in total. The summed E-state index contributed by atoms with van der Waals surface area (Å²) in [4.78, 5) is 12.6. The van der Waals surface area contributed by atoms with Gasteiger partial charge < -0.3 is 19.4 Å². The minimum Gasteiger partial charge on any atom is -0.493 e. The maximum absolute atomic E-state index is 12.6. The number of fused-ring (bicyclic) bond motifs is 1. The molecule has 1 amide bonds. The highest BCUT2D eigenvalue weighted by Gasteiger charge is 2.17. The highest BCUT2D eigenvalue weighted by Crippen LogP contribution is 2.30. The zero-order chi connectivity index (χ0) is 21.8. The van der Waals surface area contributed by atoms with Crippen molar-refractivity contribution in [3.05, 3.63) is 53.9 Å². The lowest BCUT2D eigenvalue weighted by Gasteiger charge is -2.12. The molecule has 0 unspecified atom stereocenters. The second kappa shape index (κ2) is 9.11. The molecule has 162 valence electrons. The van der Waals surface area contributed by atoms with Crippen LogP contribution in [-0.2, 0) is 13.0 Å². The summed E-state index contributed by atoms with van der Waals surface area (Å²) in [5.74, 6) is 1.36. The van der Waals surface area contributed by atoms with E-state index < -0.39 is 12.5 Å². The minimum atomic E-state index is -2.98. The Hall–Kier alpha value is -3.49. The van der Waals surface area contributed by atoms with Gasteiger partial charge in [0.25, 0.3) is 5.91 Å². The summed E-state index contributed by atoms with van der Waals surface area (Å²) >= 11 is 0. The Balaban J connectivity index is 1.48. The zero-order valence-electron chi connectivity index (χ0n) is 17.0. The van der Waals surface area contributed by atoms with Gasteiger partial charge >= 0.3 is 6.61 Å². The first-order valence-electron chi connectivity index (χ1n) is 10.0. The van der Waals surface area contributed by atoms with Crippen molar-refractivity contribution in [1.82, 2.24) is 14.8 Å². The average Bonchev–Trinajstić information content (AvgIpc) is 3.02. The zero-order valence-corrected chi connectivity index (χ0v) is 17.0. The molecule has 2 heterocycles. The first-order valence-corrected chi connectivity index (χ1v) is 10.0. The molecule has 1 aliphatic heterocycles. The van der Waals surface area contributed by atoms with Gasteiger partial charge in [-0.15, -0.1) is 10.2 Å². The van der Waals surface area contributed by atoms with Gasteiger partial charge in [0.15, 0.2) is 17.3 Å². The van der Waals surface area contributed by atoms with Crippen LogP contribution in [0.2, 0.25) is 0 Å². The van der Waals surface area contributed by atoms with E-state index in [0.29, 0.717) is 5.69 Å². The van der Waals surface area contributed by atoms with E-state index in [4.69, 9.17) is 4.74 Å². The number of aromatic nitrogens is 3. The van der Waals surface area contributed by atoms with Crippen LogP contribution in [0.5, 0.6) is 11.5 Å². The van der Waals surface area contributed by atoms with Crippen molar-refractivity contribution in [2.75, 3.05) is 12.4 Å². The van der Waals surface area contributed by atoms with E-state index in [1.807, 2.05) is 12.1 Å². The summed E-state index contributed by atoms with van der Waals surface area (Å²) in [5, 5.41) is 11.4. The third-order valence-electron chi connectivity index (χ3n) is 5.15. The van der Waals surface area contributed by atoms with Crippen LogP contribution in [-0.4, -0.2) is 34.4 Å². The normalized spacial score (nSPS) is 13.4. The monoisotopic (exact) mass is 428 g/mol. The Morgan fingerprint density at radius 2 is 1.87 bits per heavy atom. The number of nitrogens with zero attached hydrogens (tertiary/aromatic N) is 3. The predicted octanol–water partition coefficient (Wildman–Crippen LogP) is 4.53. The number of nitrogens with one attached hydrogen (secondary N) is 1. The Bertz CT molecular complexity index is 1070. The number of hydrogen-bond acceptors (Lipinski definition) is 5. The Kier molecular flexibility index (Phi) is 6.11. The summed E-state index contributed by atoms with van der Waals surface area (Å²) < 4.78 is 36.5. The molecule has 0 aliphatic carbocycles. The number of amides is 1. The molecule has 1 aromatic heterocycles. The van der Waals surface area contributed by atoms with Crippen LogP contribution in [0, 0.1) is 0 Å². The van der Waals surface area contributed by atoms with Gasteiger partial charge in [-0.3, -0.25) is 4.79 Å². The first kappa shape index (κ1) is 20.8. The van der Waals surface area contributed by atoms with Crippen molar-refractivity contribution < 1.29 is 23.0 Å². The summed E-state index contributed by atoms with van der Waals surface area (Å²) in [7, 11) is 1.32. The lowest BCUT2D eigenvalue weighted by atomic mass is 10.1. The molecule has 0 fully saturated rings. The number of rotatable bonds is 6. The fourth-order valence-corrected chi connectivity index (χ4v) is 3.61. The number of ether oxygens (including phenoxy) is 2. The van der Waals surface area contributed by atoms with Crippen LogP contribution >= 0.6 is 0 Å². The van der Waals surface area contributed by atoms with E-state index in [2.05, 4.69) is 24.8 Å². The number of anilines is 1. The number of halogens is 2. The second-order valence-electron chi connectivity index (χ2n) is 7.18. The third-order valence-corrected chi connectivity index (χ3v) is 5.15. The van der Waals surface area contributed by atoms with E-state index in [-0.39, 0.29) is 17.1 Å². The Labute approximate surface area is 178 Å². The maximum atomic E-state index is 12.6. The average molecular weight is 428 g/mol. The second-order valence-corrected chi connectivity index (χ2v) is 7.18. The highest BCUT2D eigenvalue weighted by atomic mass is 19.3. The molecule has 3 aromatic rings. The van der Waals surface area contributed by atoms with Crippen molar-refractivity contribution in [3.63, 3.8) is 0 Å². The summed E-state index contributed by atoms with van der Waals surface area (Å²) in [6, 6.07) is 11.4. The molecule has 31 heavy (non-hydrogen) atoms. The van der Waals surface area contributed by atoms with Gasteiger partial charge in [0.1, 0.15) is 5.82 Å². The molecule has 4 rings (SSSR count). The van der Waals surface area contributed by atoms with Crippen molar-refractivity contribution in [1.29, 1.82) is 0 Å². The fraction of sp³-hybridized carbons (Fsp3) is 0.318. The van der Waals surface area contributed by atoms with Gasteiger partial charge in [0.2, 0.25) is 0 Å². The molecule has 0 bridgehead atoms. The van der Waals surface area contributed by atoms with Crippen LogP contribution in [0.15, 0.2) is 42.5 Å². The van der Waals surface area contributed by atoms with E-state index in [0.717, 1.165) is 43.0 Å². The predicted molar refractivity (Wildman–Crippen MR) is 111 cm³/mol. The number of hydrogen-bond donors (Lipinski definition) is 1. The molecule has 0 saturated carbocycles. The number of carbonyl (C=O) groups excluding carboxylic acids is 1. The lowest BCUT2D eigenvalue weighted by molar-refractivity contribution is -0.0512. The van der Waals surface area contributed by atoms with Crippen molar-refractivity contribution in [2.45, 2.75) is 38.8 Å². The van der Waals surface area contributed by atoms with Crippen molar-refractivity contribution >= 4 is 11.6 Å². The minimum absolute atomic E-state index is 0.0517. The maximum Gasteiger partial charge on any atom is 0.387 e. The van der Waals surface area contributed by atoms with Crippen molar-refractivity contribution in [2.24, 2.45) is 0 Å². The van der Waals surface area contributed by atoms with Crippen molar-refractivity contribution in [3.8, 4) is 22.9 Å². The quantitative estimate of drug-likeness (QED) is 0.624. The number of methoxy groups -OCH3 is 1. The van der Waals surface area contributed by atoms with Crippen LogP contribution in [0.3, 0.4) is 0 Å². The molecule has 0 saturated heterocycles. The third kappa shape index (κ3) is 4.65. The largest absolute Gasteiger partial charge is 0.493 e. The lowest BCUT2D eigenvalue weighted by Crippen LogP contribution is -2.12. The molecule has 2 aromatic carbocycles. The SMILES string of the molecule is COc1cc(C(=O)Nc2ccc(-c3nnc4n3CCCCC4)cc2)ccc1OC(F)F. The number of aryl methyl sites for hydroxylation is 1. The fourth-order valence-electron chi connectivity index (χ4n) is 3.61. The molecule has 1 N–H and O–H groups in total. The molecule has 9 heteroatoms. The molecular formula is C22H22F2N4O3. The highest BCUT2D eigenvalue weighted by molar-refractivity contribution is 6.04. The summed E-state index contributed by atoms with van der Waals surface area (Å²) in [6.45, 7) is -2.07. The van der Waals surface area contributed by atoms with E-state index >= 15 is 0 Å². The smallest absolute Gasteiger partial charge is 0.387 e. The number of alkyl halides is 2. The summed E-state index contributed by atoms with van der Waals surface area (Å²) in [5.41, 5.74) is 1.77. The van der Waals surface area contributed by atoms with Crippen LogP contribution in [0.1, 0.15) is 35.4 Å². The number of carbonyl (C=O) groups is 1. The van der Waals surface area contributed by atoms with Crippen LogP contribution in [0.25, 0.3) is 11.4 Å². The molecule has 0 atom stereocenters. The first-order chi connectivity index (χ1) is 15.0. The number of benzene rings is 2. The molecular weight excluding hydrogens is 406 g/mol. The van der Waals surface area contributed by atoms with Crippen LogP contribution < -0.4 is 14.8 Å². The van der Waals surface area contributed by atoms with E-state index in [1.165, 1.54) is 31.7 Å². The Morgan fingerprint density at radius 1 is 1.06 bits per heavy atom. The van der Waals surface area contributed by atoms with Gasteiger partial charge in [0.05, 0.1) is 7.11 Å². The van der Waals surface area contributed by atoms with Gasteiger partial charge in [0, 0.05) is 29.8 Å². The van der Waals surface area contributed by atoms with Gasteiger partial charge in [-0.2, -0.15) is 8.78 Å². The summed E-state index contributed by atoms with van der Waals surface area (Å²) in [6.07, 6.45) is 4.36. The van der Waals surface area contributed by atoms with Gasteiger partial charge in [-0.1, -0.05) is 6.42 Å². The van der Waals surface area contributed by atoms with Gasteiger partial charge in [-0.05, 0) is 55.3 Å². The van der Waals surface area contributed by atoms with Crippen LogP contribution in [0.4, 0.5) is 14.5 Å². The van der Waals surface area contributed by atoms with E-state index in [1.54, 1.807) is 12.1 Å². The van der Waals surface area contributed by atoms with E-state index in [9.17, 15) is 13.6 Å². The Morgan fingerprint density at radius 3 is 2.61 bits per heavy atom. The molecule has 0 radical (unpaired) electrons. The molecule has 1 aliphatic rings.